The van der Waals surface area contributed by atoms with E-state index in [1.165, 1.54) is 12.8 Å². The first-order valence-electron chi connectivity index (χ1n) is 12.4. The molecule has 2 aliphatic rings. The van der Waals surface area contributed by atoms with Crippen molar-refractivity contribution in [3.63, 3.8) is 0 Å². The Kier molecular flexibility index (Phi) is 5.52. The molecule has 0 spiro atoms. The van der Waals surface area contributed by atoms with Gasteiger partial charge in [0.2, 0.25) is 0 Å². The fraction of sp³-hybridized carbons (Fsp3) is 0.407. The standard InChI is InChI=1S/C27H30N6O3/c1-6-33-24(12-20(31-33)16-7-8-16)30-27-26-18-11-22(35-5)19(25-14(2)32-36-15(25)3)9-17(18)10-21(26)28-23(29-27)13-34-4/h9,11-12,16H,6-8,10,13H2,1-5H3,(H,28,29,30). The molecule has 3 aromatic heterocycles. The van der Waals surface area contributed by atoms with Crippen molar-refractivity contribution in [3.05, 3.63) is 52.4 Å². The lowest BCUT2D eigenvalue weighted by Gasteiger charge is -2.15. The number of methoxy groups -OCH3 is 2. The number of hydrogen-bond donors (Lipinski definition) is 1. The maximum Gasteiger partial charge on any atom is 0.156 e. The predicted molar refractivity (Wildman–Crippen MR) is 136 cm³/mol. The van der Waals surface area contributed by atoms with E-state index in [2.05, 4.69) is 35.6 Å². The number of anilines is 2. The number of fused-ring (bicyclic) bond motifs is 3. The van der Waals surface area contributed by atoms with Crippen molar-refractivity contribution in [2.45, 2.75) is 59.1 Å². The van der Waals surface area contributed by atoms with Crippen LogP contribution in [0.5, 0.6) is 5.75 Å². The summed E-state index contributed by atoms with van der Waals surface area (Å²) in [6, 6.07) is 6.41. The number of nitrogens with one attached hydrogen (secondary N) is 1. The van der Waals surface area contributed by atoms with Gasteiger partial charge in [0.25, 0.3) is 0 Å². The molecule has 9 nitrogen and oxygen atoms in total. The number of aryl methyl sites for hydroxylation is 3. The van der Waals surface area contributed by atoms with Crippen LogP contribution in [0.15, 0.2) is 22.7 Å². The van der Waals surface area contributed by atoms with E-state index in [1.807, 2.05) is 18.5 Å². The van der Waals surface area contributed by atoms with Crippen LogP contribution in [0.1, 0.15) is 59.9 Å². The Bertz CT molecular complexity index is 1450. The molecule has 186 valence electrons. The topological polar surface area (TPSA) is 100 Å². The maximum absolute atomic E-state index is 5.85. The van der Waals surface area contributed by atoms with Crippen LogP contribution in [0, 0.1) is 13.8 Å². The van der Waals surface area contributed by atoms with Gasteiger partial charge in [0, 0.05) is 43.2 Å². The molecular weight excluding hydrogens is 456 g/mol. The van der Waals surface area contributed by atoms with Crippen LogP contribution >= 0.6 is 0 Å². The van der Waals surface area contributed by atoms with Crippen LogP contribution in [0.3, 0.4) is 0 Å². The van der Waals surface area contributed by atoms with Crippen molar-refractivity contribution in [2.24, 2.45) is 0 Å². The van der Waals surface area contributed by atoms with Gasteiger partial charge in [-0.1, -0.05) is 5.16 Å². The fourth-order valence-corrected chi connectivity index (χ4v) is 5.15. The Morgan fingerprint density at radius 1 is 1.08 bits per heavy atom. The maximum atomic E-state index is 5.85. The van der Waals surface area contributed by atoms with Gasteiger partial charge in [0.05, 0.1) is 29.8 Å². The Labute approximate surface area is 209 Å². The monoisotopic (exact) mass is 486 g/mol. The molecular formula is C27H30N6O3. The Morgan fingerprint density at radius 2 is 1.92 bits per heavy atom. The molecule has 0 radical (unpaired) electrons. The van der Waals surface area contributed by atoms with Crippen molar-refractivity contribution in [2.75, 3.05) is 19.5 Å². The third-order valence-electron chi connectivity index (χ3n) is 7.00. The molecule has 1 saturated carbocycles. The van der Waals surface area contributed by atoms with Crippen molar-refractivity contribution >= 4 is 11.6 Å². The van der Waals surface area contributed by atoms with Crippen molar-refractivity contribution < 1.29 is 14.0 Å². The summed E-state index contributed by atoms with van der Waals surface area (Å²) in [7, 11) is 3.35. The molecule has 1 aromatic carbocycles. The highest BCUT2D eigenvalue weighted by atomic mass is 16.5. The highest BCUT2D eigenvalue weighted by Crippen LogP contribution is 2.47. The van der Waals surface area contributed by atoms with Crippen LogP contribution in [-0.4, -0.2) is 39.1 Å². The van der Waals surface area contributed by atoms with Gasteiger partial charge in [-0.3, -0.25) is 0 Å². The number of hydrogen-bond acceptors (Lipinski definition) is 8. The Hall–Kier alpha value is -3.72. The molecule has 9 heteroatoms. The zero-order chi connectivity index (χ0) is 25.0. The lowest BCUT2D eigenvalue weighted by molar-refractivity contribution is 0.177. The summed E-state index contributed by atoms with van der Waals surface area (Å²) in [5, 5.41) is 12.6. The number of aromatic nitrogens is 5. The van der Waals surface area contributed by atoms with Gasteiger partial charge >= 0.3 is 0 Å². The van der Waals surface area contributed by atoms with Crippen molar-refractivity contribution in [3.8, 4) is 28.0 Å². The molecule has 0 bridgehead atoms. The molecule has 4 aromatic rings. The van der Waals surface area contributed by atoms with Gasteiger partial charge in [0.15, 0.2) is 5.82 Å². The summed E-state index contributed by atoms with van der Waals surface area (Å²) in [6.07, 6.45) is 3.11. The van der Waals surface area contributed by atoms with Crippen molar-refractivity contribution in [1.82, 2.24) is 24.9 Å². The zero-order valence-corrected chi connectivity index (χ0v) is 21.3. The lowest BCUT2D eigenvalue weighted by Crippen LogP contribution is -2.08. The van der Waals surface area contributed by atoms with Gasteiger partial charge in [0.1, 0.15) is 29.8 Å². The summed E-state index contributed by atoms with van der Waals surface area (Å²) in [6.45, 7) is 7.09. The highest BCUT2D eigenvalue weighted by molar-refractivity contribution is 5.89. The van der Waals surface area contributed by atoms with E-state index in [4.69, 9.17) is 29.1 Å². The average molecular weight is 487 g/mol. The largest absolute Gasteiger partial charge is 0.496 e. The van der Waals surface area contributed by atoms with E-state index >= 15 is 0 Å². The second-order valence-electron chi connectivity index (χ2n) is 9.50. The van der Waals surface area contributed by atoms with Gasteiger partial charge in [-0.05, 0) is 56.9 Å². The van der Waals surface area contributed by atoms with Gasteiger partial charge in [-0.15, -0.1) is 0 Å². The molecule has 2 aliphatic carbocycles. The summed E-state index contributed by atoms with van der Waals surface area (Å²) >= 11 is 0. The third kappa shape index (κ3) is 3.74. The molecule has 0 saturated heterocycles. The molecule has 0 amide bonds. The van der Waals surface area contributed by atoms with E-state index in [9.17, 15) is 0 Å². The third-order valence-corrected chi connectivity index (χ3v) is 7.00. The summed E-state index contributed by atoms with van der Waals surface area (Å²) in [5.74, 6) is 4.45. The van der Waals surface area contributed by atoms with Crippen molar-refractivity contribution in [1.29, 1.82) is 0 Å². The van der Waals surface area contributed by atoms with E-state index in [-0.39, 0.29) is 0 Å². The molecule has 0 unspecified atom stereocenters. The Balaban J connectivity index is 1.48. The summed E-state index contributed by atoms with van der Waals surface area (Å²) in [5.41, 5.74) is 8.11. The predicted octanol–water partition coefficient (Wildman–Crippen LogP) is 5.31. The van der Waals surface area contributed by atoms with E-state index < -0.39 is 0 Å². The molecule has 3 heterocycles. The van der Waals surface area contributed by atoms with Gasteiger partial charge < -0.3 is 19.3 Å². The van der Waals surface area contributed by atoms with Crippen LogP contribution in [0.4, 0.5) is 11.6 Å². The highest BCUT2D eigenvalue weighted by Gasteiger charge is 2.30. The minimum atomic E-state index is 0.340. The van der Waals surface area contributed by atoms with E-state index in [0.29, 0.717) is 24.8 Å². The van der Waals surface area contributed by atoms with Crippen LogP contribution in [-0.2, 0) is 24.3 Å². The van der Waals surface area contributed by atoms with Crippen LogP contribution in [0.2, 0.25) is 0 Å². The summed E-state index contributed by atoms with van der Waals surface area (Å²) in [4.78, 5) is 9.73. The fourth-order valence-electron chi connectivity index (χ4n) is 5.15. The molecule has 6 rings (SSSR count). The minimum absolute atomic E-state index is 0.340. The molecule has 36 heavy (non-hydrogen) atoms. The number of benzene rings is 1. The second-order valence-corrected chi connectivity index (χ2v) is 9.50. The number of ether oxygens (including phenoxy) is 2. The Morgan fingerprint density at radius 3 is 2.58 bits per heavy atom. The lowest BCUT2D eigenvalue weighted by atomic mass is 9.97. The first kappa shape index (κ1) is 22.7. The molecule has 0 atom stereocenters. The molecule has 0 aliphatic heterocycles. The molecule has 1 N–H and O–H groups in total. The summed E-state index contributed by atoms with van der Waals surface area (Å²) < 4.78 is 18.7. The molecule has 1 fully saturated rings. The zero-order valence-electron chi connectivity index (χ0n) is 21.3. The first-order valence-corrected chi connectivity index (χ1v) is 12.4. The minimum Gasteiger partial charge on any atom is -0.496 e. The number of rotatable bonds is 8. The van der Waals surface area contributed by atoms with Crippen LogP contribution < -0.4 is 10.1 Å². The van der Waals surface area contributed by atoms with Gasteiger partial charge in [-0.25, -0.2) is 14.6 Å². The SMILES string of the molecule is CCn1nc(C2CC2)cc1Nc1nc(COC)nc2c1-c1cc(OC)c(-c3c(C)noc3C)cc1C2. The smallest absolute Gasteiger partial charge is 0.156 e. The first-order chi connectivity index (χ1) is 17.5. The normalized spacial score (nSPS) is 14.1. The number of nitrogens with zero attached hydrogens (tertiary/aromatic N) is 5. The quantitative estimate of drug-likeness (QED) is 0.315. The van der Waals surface area contributed by atoms with Gasteiger partial charge in [-0.2, -0.15) is 5.10 Å². The average Bonchev–Trinajstić information content (AvgIpc) is 3.42. The second kappa shape index (κ2) is 8.74. The van der Waals surface area contributed by atoms with Crippen LogP contribution in [0.25, 0.3) is 22.3 Å². The van der Waals surface area contributed by atoms with E-state index in [1.54, 1.807) is 14.2 Å². The van der Waals surface area contributed by atoms with E-state index in [0.717, 1.165) is 74.6 Å².